The fourth-order valence-electron chi connectivity index (χ4n) is 4.79. The predicted octanol–water partition coefficient (Wildman–Crippen LogP) is 7.46. The van der Waals surface area contributed by atoms with E-state index < -0.39 is 21.9 Å². The molecule has 1 heterocycles. The zero-order chi connectivity index (χ0) is 32.1. The van der Waals surface area contributed by atoms with Crippen LogP contribution in [0.15, 0.2) is 102 Å². The van der Waals surface area contributed by atoms with Crippen molar-refractivity contribution in [3.05, 3.63) is 135 Å². The van der Waals surface area contributed by atoms with Crippen LogP contribution in [-0.2, 0) is 31.0 Å². The Morgan fingerprint density at radius 3 is 2.20 bits per heavy atom. The van der Waals surface area contributed by atoms with E-state index in [0.717, 1.165) is 15.1 Å². The van der Waals surface area contributed by atoms with Crippen molar-refractivity contribution >= 4 is 67.7 Å². The number of rotatable bonds is 10. The van der Waals surface area contributed by atoms with Crippen molar-refractivity contribution in [3.63, 3.8) is 0 Å². The number of nitrogens with one attached hydrogen (secondary N) is 1. The number of nitrogens with zero attached hydrogens (tertiary/aromatic N) is 1. The molecule has 0 aliphatic carbocycles. The first-order valence-corrected chi connectivity index (χ1v) is 16.1. The second kappa shape index (κ2) is 13.7. The van der Waals surface area contributed by atoms with E-state index in [2.05, 4.69) is 5.48 Å². The topological polar surface area (TPSA) is 104 Å². The third kappa shape index (κ3) is 6.82. The number of fused-ring (bicyclic) bond motifs is 1. The summed E-state index contributed by atoms with van der Waals surface area (Å²) in [7, 11) is -4.41. The van der Waals surface area contributed by atoms with Crippen LogP contribution in [0.25, 0.3) is 22.6 Å². The maximum Gasteiger partial charge on any atom is 0.356 e. The van der Waals surface area contributed by atoms with E-state index in [-0.39, 0.29) is 55.9 Å². The maximum atomic E-state index is 14.2. The summed E-state index contributed by atoms with van der Waals surface area (Å²) < 4.78 is 34.7. The van der Waals surface area contributed by atoms with Crippen LogP contribution < -0.4 is 5.48 Å². The molecule has 0 fully saturated rings. The van der Waals surface area contributed by atoms with E-state index in [9.17, 15) is 18.0 Å². The Morgan fingerprint density at radius 2 is 1.56 bits per heavy atom. The van der Waals surface area contributed by atoms with Crippen LogP contribution in [0.3, 0.4) is 0 Å². The van der Waals surface area contributed by atoms with Crippen molar-refractivity contribution in [2.45, 2.75) is 25.3 Å². The fourth-order valence-corrected chi connectivity index (χ4v) is 6.88. The van der Waals surface area contributed by atoms with Gasteiger partial charge >= 0.3 is 5.97 Å². The van der Waals surface area contributed by atoms with Crippen molar-refractivity contribution in [2.75, 3.05) is 6.61 Å². The molecule has 1 N–H and O–H groups in total. The second-order valence-electron chi connectivity index (χ2n) is 9.98. The first-order valence-electron chi connectivity index (χ1n) is 13.9. The molecule has 11 heteroatoms. The smallest absolute Gasteiger partial charge is 0.356 e. The van der Waals surface area contributed by atoms with E-state index in [1.807, 2.05) is 37.3 Å². The third-order valence-corrected chi connectivity index (χ3v) is 9.12. The average molecular weight is 664 g/mol. The quantitative estimate of drug-likeness (QED) is 0.0946. The van der Waals surface area contributed by atoms with Crippen molar-refractivity contribution in [2.24, 2.45) is 0 Å². The Labute approximate surface area is 270 Å². The second-order valence-corrected chi connectivity index (χ2v) is 12.6. The van der Waals surface area contributed by atoms with Gasteiger partial charge in [-0.3, -0.25) is 9.63 Å². The van der Waals surface area contributed by atoms with E-state index in [1.165, 1.54) is 30.3 Å². The lowest BCUT2D eigenvalue weighted by Crippen LogP contribution is -2.25. The molecule has 0 atom stereocenters. The number of esters is 1. The van der Waals surface area contributed by atoms with Crippen LogP contribution in [0.4, 0.5) is 0 Å². The molecule has 0 aliphatic heterocycles. The fraction of sp³-hybridized carbons (Fsp3) is 0.118. The van der Waals surface area contributed by atoms with Gasteiger partial charge in [-0.1, -0.05) is 102 Å². The predicted molar refractivity (Wildman–Crippen MR) is 175 cm³/mol. The highest BCUT2D eigenvalue weighted by Crippen LogP contribution is 2.39. The highest BCUT2D eigenvalue weighted by molar-refractivity contribution is 7.90. The van der Waals surface area contributed by atoms with Gasteiger partial charge in [0.1, 0.15) is 0 Å². The van der Waals surface area contributed by atoms with Gasteiger partial charge in [-0.05, 0) is 55.3 Å². The number of aryl methyl sites for hydroxylation is 1. The van der Waals surface area contributed by atoms with Crippen LogP contribution in [0.1, 0.15) is 39.7 Å². The summed E-state index contributed by atoms with van der Waals surface area (Å²) in [4.78, 5) is 32.8. The third-order valence-electron chi connectivity index (χ3n) is 6.87. The lowest BCUT2D eigenvalue weighted by molar-refractivity contribution is -0.128. The Balaban J connectivity index is 1.76. The van der Waals surface area contributed by atoms with Gasteiger partial charge in [0.05, 0.1) is 28.6 Å². The summed E-state index contributed by atoms with van der Waals surface area (Å²) in [5.41, 5.74) is 4.44. The SMILES string of the molecule is CCOC(=O)c1c(/C=C(/C(=O)NOCc2ccccc2)c2ccccc2)c2c(Cl)cc(Cl)cc2n1S(=O)(=O)c1ccc(C)cc1. The molecule has 0 spiro atoms. The normalized spacial score (nSPS) is 11.9. The molecule has 0 aliphatic rings. The van der Waals surface area contributed by atoms with Gasteiger partial charge in [0.2, 0.25) is 0 Å². The molecule has 5 rings (SSSR count). The first kappa shape index (κ1) is 32.0. The molecule has 0 radical (unpaired) electrons. The minimum atomic E-state index is -4.41. The molecular formula is C34H28Cl2N2O6S. The number of benzene rings is 4. The summed E-state index contributed by atoms with van der Waals surface area (Å²) in [5.74, 6) is -1.57. The zero-order valence-electron chi connectivity index (χ0n) is 24.3. The number of hydroxylamine groups is 1. The molecule has 4 aromatic carbocycles. The van der Waals surface area contributed by atoms with Gasteiger partial charge in [-0.15, -0.1) is 0 Å². The molecular weight excluding hydrogens is 635 g/mol. The Bertz CT molecular complexity index is 2010. The summed E-state index contributed by atoms with van der Waals surface area (Å²) >= 11 is 13.1. The largest absolute Gasteiger partial charge is 0.461 e. The summed E-state index contributed by atoms with van der Waals surface area (Å²) in [6.07, 6.45) is 1.41. The highest BCUT2D eigenvalue weighted by Gasteiger charge is 2.33. The standard InChI is InChI=1S/C34H28Cl2N2O6S/c1-3-43-34(40)32-28(20-27(24-12-8-5-9-13-24)33(39)37-44-21-23-10-6-4-7-11-23)31-29(36)18-25(35)19-30(31)38(32)45(41,42)26-16-14-22(2)15-17-26/h4-20H,3,21H2,1-2H3,(H,37,39)/b27-20+. The maximum absolute atomic E-state index is 14.2. The van der Waals surface area contributed by atoms with Gasteiger partial charge in [0.15, 0.2) is 5.69 Å². The van der Waals surface area contributed by atoms with Crippen LogP contribution >= 0.6 is 23.2 Å². The lowest BCUT2D eigenvalue weighted by Gasteiger charge is -2.13. The van der Waals surface area contributed by atoms with Gasteiger partial charge in [-0.2, -0.15) is 0 Å². The van der Waals surface area contributed by atoms with Crippen LogP contribution in [0.2, 0.25) is 10.0 Å². The number of aromatic nitrogens is 1. The van der Waals surface area contributed by atoms with Gasteiger partial charge < -0.3 is 4.74 Å². The zero-order valence-corrected chi connectivity index (χ0v) is 26.6. The minimum Gasteiger partial charge on any atom is -0.461 e. The number of halogens is 2. The minimum absolute atomic E-state index is 0.0375. The van der Waals surface area contributed by atoms with E-state index in [0.29, 0.717) is 5.56 Å². The van der Waals surface area contributed by atoms with E-state index in [4.69, 9.17) is 32.8 Å². The summed E-state index contributed by atoms with van der Waals surface area (Å²) in [6.45, 7) is 3.49. The van der Waals surface area contributed by atoms with Gasteiger partial charge in [0, 0.05) is 21.5 Å². The Morgan fingerprint density at radius 1 is 0.911 bits per heavy atom. The molecule has 0 saturated heterocycles. The van der Waals surface area contributed by atoms with Crippen molar-refractivity contribution < 1.29 is 27.6 Å². The van der Waals surface area contributed by atoms with Gasteiger partial charge in [0.25, 0.3) is 15.9 Å². The number of carbonyl (C=O) groups excluding carboxylic acids is 2. The monoisotopic (exact) mass is 662 g/mol. The Hall–Kier alpha value is -4.41. The molecule has 0 bridgehead atoms. The summed E-state index contributed by atoms with van der Waals surface area (Å²) in [6, 6.07) is 27.0. The van der Waals surface area contributed by atoms with E-state index >= 15 is 0 Å². The molecule has 0 unspecified atom stereocenters. The van der Waals surface area contributed by atoms with Crippen LogP contribution in [-0.4, -0.2) is 30.9 Å². The van der Waals surface area contributed by atoms with Crippen molar-refractivity contribution in [3.8, 4) is 0 Å². The number of amides is 1. The van der Waals surface area contributed by atoms with Crippen molar-refractivity contribution in [1.29, 1.82) is 0 Å². The lowest BCUT2D eigenvalue weighted by atomic mass is 10.0. The van der Waals surface area contributed by atoms with Crippen LogP contribution in [0.5, 0.6) is 0 Å². The van der Waals surface area contributed by atoms with Gasteiger partial charge in [-0.25, -0.2) is 22.7 Å². The average Bonchev–Trinajstić information content (AvgIpc) is 3.36. The summed E-state index contributed by atoms with van der Waals surface area (Å²) in [5, 5.41) is 0.401. The molecule has 45 heavy (non-hydrogen) atoms. The van der Waals surface area contributed by atoms with E-state index in [1.54, 1.807) is 49.4 Å². The number of ether oxygens (including phenoxy) is 1. The highest BCUT2D eigenvalue weighted by atomic mass is 35.5. The number of carbonyl (C=O) groups is 2. The van der Waals surface area contributed by atoms with Crippen LogP contribution in [0, 0.1) is 6.92 Å². The molecule has 0 saturated carbocycles. The molecule has 1 aromatic heterocycles. The molecule has 5 aromatic rings. The molecule has 8 nitrogen and oxygen atoms in total. The number of hydrogen-bond acceptors (Lipinski definition) is 6. The molecule has 1 amide bonds. The first-order chi connectivity index (χ1) is 21.6. The van der Waals surface area contributed by atoms with Crippen molar-refractivity contribution in [1.82, 2.24) is 9.45 Å². The molecule has 230 valence electrons. The number of hydrogen-bond donors (Lipinski definition) is 1. The Kier molecular flexibility index (Phi) is 9.74.